The van der Waals surface area contributed by atoms with E-state index in [-0.39, 0.29) is 24.2 Å². The summed E-state index contributed by atoms with van der Waals surface area (Å²) >= 11 is 0. The molecule has 164 valence electrons. The van der Waals surface area contributed by atoms with Gasteiger partial charge in [0.05, 0.1) is 0 Å². The highest BCUT2D eigenvalue weighted by Gasteiger charge is 2.49. The standard InChI is InChI=1S/C21H27F2N3O4/c1-12-5-4-6-16(13(12)2)24-17(27)11-26-18(28)21(3,25-20(26)29)14-7-9-15(10-8-14)30-19(22)23/h7-10,12-13,16,19H,4-6,11H2,1-3H3,(H,24,27)(H,25,29)/t12-,13+,16+,21-/m1/s1. The van der Waals surface area contributed by atoms with E-state index in [4.69, 9.17) is 0 Å². The van der Waals surface area contributed by atoms with Crippen LogP contribution in [0.5, 0.6) is 5.75 Å². The van der Waals surface area contributed by atoms with Crippen molar-refractivity contribution in [2.24, 2.45) is 11.8 Å². The Morgan fingerprint density at radius 2 is 1.93 bits per heavy atom. The molecule has 1 saturated heterocycles. The SMILES string of the molecule is C[C@H]1[C@H](C)CCC[C@@H]1NC(=O)CN1C(=O)N[C@](C)(c2ccc(OC(F)F)cc2)C1=O. The number of urea groups is 1. The van der Waals surface area contributed by atoms with Crippen molar-refractivity contribution in [2.45, 2.75) is 58.2 Å². The summed E-state index contributed by atoms with van der Waals surface area (Å²) in [7, 11) is 0. The second kappa shape index (κ2) is 8.57. The van der Waals surface area contributed by atoms with Gasteiger partial charge in [0.15, 0.2) is 0 Å². The molecule has 2 N–H and O–H groups in total. The molecule has 2 fully saturated rings. The van der Waals surface area contributed by atoms with Crippen LogP contribution < -0.4 is 15.4 Å². The lowest BCUT2D eigenvalue weighted by Crippen LogP contribution is -2.48. The number of benzene rings is 1. The van der Waals surface area contributed by atoms with Crippen LogP contribution in [-0.2, 0) is 15.1 Å². The predicted octanol–water partition coefficient (Wildman–Crippen LogP) is 3.00. The molecular formula is C21H27F2N3O4. The Balaban J connectivity index is 1.67. The Bertz CT molecular complexity index is 817. The van der Waals surface area contributed by atoms with E-state index >= 15 is 0 Å². The van der Waals surface area contributed by atoms with Gasteiger partial charge in [-0.05, 0) is 42.9 Å². The highest BCUT2D eigenvalue weighted by molar-refractivity contribution is 6.09. The van der Waals surface area contributed by atoms with Gasteiger partial charge in [-0.1, -0.05) is 38.8 Å². The monoisotopic (exact) mass is 423 g/mol. The van der Waals surface area contributed by atoms with E-state index in [1.54, 1.807) is 0 Å². The van der Waals surface area contributed by atoms with Gasteiger partial charge < -0.3 is 15.4 Å². The number of hydrogen-bond acceptors (Lipinski definition) is 4. The van der Waals surface area contributed by atoms with E-state index in [0.717, 1.165) is 24.2 Å². The van der Waals surface area contributed by atoms with E-state index in [0.29, 0.717) is 17.4 Å². The average Bonchev–Trinajstić information content (AvgIpc) is 2.89. The average molecular weight is 423 g/mol. The number of ether oxygens (including phenoxy) is 1. The van der Waals surface area contributed by atoms with Gasteiger partial charge in [-0.3, -0.25) is 14.5 Å². The number of imide groups is 1. The maximum Gasteiger partial charge on any atom is 0.387 e. The summed E-state index contributed by atoms with van der Waals surface area (Å²) < 4.78 is 28.9. The van der Waals surface area contributed by atoms with Crippen LogP contribution in [0.15, 0.2) is 24.3 Å². The number of halogens is 2. The number of amides is 4. The number of nitrogens with one attached hydrogen (secondary N) is 2. The maximum atomic E-state index is 13.0. The Kier molecular flexibility index (Phi) is 6.28. The van der Waals surface area contributed by atoms with Crippen LogP contribution in [0.1, 0.15) is 45.6 Å². The van der Waals surface area contributed by atoms with Crippen LogP contribution in [-0.4, -0.2) is 41.9 Å². The predicted molar refractivity (Wildman–Crippen MR) is 105 cm³/mol. The number of rotatable bonds is 6. The molecule has 0 bridgehead atoms. The topological polar surface area (TPSA) is 87.7 Å². The molecule has 7 nitrogen and oxygen atoms in total. The minimum atomic E-state index is -2.96. The van der Waals surface area contributed by atoms with Crippen LogP contribution in [0.2, 0.25) is 0 Å². The summed E-state index contributed by atoms with van der Waals surface area (Å²) in [5.74, 6) is -0.183. The zero-order valence-corrected chi connectivity index (χ0v) is 17.3. The van der Waals surface area contributed by atoms with Gasteiger partial charge in [0.1, 0.15) is 17.8 Å². The molecule has 4 atom stereocenters. The highest BCUT2D eigenvalue weighted by atomic mass is 19.3. The Hall–Kier alpha value is -2.71. The molecule has 2 aliphatic rings. The number of carbonyl (C=O) groups is 3. The first-order chi connectivity index (χ1) is 14.1. The van der Waals surface area contributed by atoms with E-state index in [1.165, 1.54) is 31.2 Å². The lowest BCUT2D eigenvalue weighted by Gasteiger charge is -2.34. The Morgan fingerprint density at radius 1 is 1.27 bits per heavy atom. The molecule has 1 aromatic carbocycles. The summed E-state index contributed by atoms with van der Waals surface area (Å²) in [5, 5.41) is 5.56. The molecule has 0 aromatic heterocycles. The molecule has 1 aliphatic carbocycles. The smallest absolute Gasteiger partial charge is 0.387 e. The van der Waals surface area contributed by atoms with Crippen molar-refractivity contribution in [3.8, 4) is 5.75 Å². The van der Waals surface area contributed by atoms with E-state index < -0.39 is 24.1 Å². The van der Waals surface area contributed by atoms with Gasteiger partial charge in [0.2, 0.25) is 5.91 Å². The molecule has 0 unspecified atom stereocenters. The molecule has 4 amide bonds. The van der Waals surface area contributed by atoms with Gasteiger partial charge in [-0.15, -0.1) is 0 Å². The van der Waals surface area contributed by atoms with E-state index in [1.807, 2.05) is 0 Å². The van der Waals surface area contributed by atoms with Gasteiger partial charge >= 0.3 is 12.6 Å². The molecule has 1 saturated carbocycles. The summed E-state index contributed by atoms with van der Waals surface area (Å²) in [4.78, 5) is 38.8. The van der Waals surface area contributed by atoms with Crippen molar-refractivity contribution in [2.75, 3.05) is 6.54 Å². The quantitative estimate of drug-likeness (QED) is 0.689. The molecule has 30 heavy (non-hydrogen) atoms. The van der Waals surface area contributed by atoms with Crippen LogP contribution in [0.3, 0.4) is 0 Å². The summed E-state index contributed by atoms with van der Waals surface area (Å²) in [5.41, 5.74) is -0.993. The fraction of sp³-hybridized carbons (Fsp3) is 0.571. The number of alkyl halides is 2. The Labute approximate surface area is 174 Å². The van der Waals surface area contributed by atoms with Crippen molar-refractivity contribution in [3.05, 3.63) is 29.8 Å². The summed E-state index contributed by atoms with van der Waals surface area (Å²) in [6.07, 6.45) is 3.03. The van der Waals surface area contributed by atoms with Crippen LogP contribution in [0, 0.1) is 11.8 Å². The lowest BCUT2D eigenvalue weighted by molar-refractivity contribution is -0.135. The van der Waals surface area contributed by atoms with Crippen molar-refractivity contribution in [1.29, 1.82) is 0 Å². The first-order valence-electron chi connectivity index (χ1n) is 10.1. The van der Waals surface area contributed by atoms with Crippen molar-refractivity contribution in [3.63, 3.8) is 0 Å². The Morgan fingerprint density at radius 3 is 2.57 bits per heavy atom. The molecule has 9 heteroatoms. The highest BCUT2D eigenvalue weighted by Crippen LogP contribution is 2.31. The number of nitrogens with zero attached hydrogens (tertiary/aromatic N) is 1. The van der Waals surface area contributed by atoms with Crippen LogP contribution >= 0.6 is 0 Å². The summed E-state index contributed by atoms with van der Waals surface area (Å²) in [6.45, 7) is 2.44. The summed E-state index contributed by atoms with van der Waals surface area (Å²) in [6, 6.07) is 4.82. The maximum absolute atomic E-state index is 13.0. The van der Waals surface area contributed by atoms with Crippen LogP contribution in [0.4, 0.5) is 13.6 Å². The van der Waals surface area contributed by atoms with Gasteiger partial charge in [0.25, 0.3) is 5.91 Å². The second-order valence-corrected chi connectivity index (χ2v) is 8.29. The van der Waals surface area contributed by atoms with Gasteiger partial charge in [-0.2, -0.15) is 8.78 Å². The van der Waals surface area contributed by atoms with Crippen LogP contribution in [0.25, 0.3) is 0 Å². The van der Waals surface area contributed by atoms with Crippen molar-refractivity contribution in [1.82, 2.24) is 15.5 Å². The zero-order chi connectivity index (χ0) is 22.1. The third kappa shape index (κ3) is 4.39. The molecule has 0 spiro atoms. The zero-order valence-electron chi connectivity index (χ0n) is 17.3. The van der Waals surface area contributed by atoms with Crippen molar-refractivity contribution >= 4 is 17.8 Å². The molecule has 3 rings (SSSR count). The van der Waals surface area contributed by atoms with Gasteiger partial charge in [0, 0.05) is 6.04 Å². The number of carbonyl (C=O) groups excluding carboxylic acids is 3. The fourth-order valence-electron chi connectivity index (χ4n) is 4.19. The normalized spacial score (nSPS) is 29.1. The minimum absolute atomic E-state index is 0.0239. The molecular weight excluding hydrogens is 396 g/mol. The lowest BCUT2D eigenvalue weighted by atomic mass is 9.78. The largest absolute Gasteiger partial charge is 0.435 e. The third-order valence-corrected chi connectivity index (χ3v) is 6.29. The first-order valence-corrected chi connectivity index (χ1v) is 10.1. The molecule has 1 heterocycles. The third-order valence-electron chi connectivity index (χ3n) is 6.29. The molecule has 0 radical (unpaired) electrons. The molecule has 1 aliphatic heterocycles. The van der Waals surface area contributed by atoms with Gasteiger partial charge in [-0.25, -0.2) is 4.79 Å². The van der Waals surface area contributed by atoms with E-state index in [9.17, 15) is 23.2 Å². The minimum Gasteiger partial charge on any atom is -0.435 e. The fourth-order valence-corrected chi connectivity index (χ4v) is 4.19. The second-order valence-electron chi connectivity index (χ2n) is 8.29. The number of hydrogen-bond donors (Lipinski definition) is 2. The van der Waals surface area contributed by atoms with Crippen molar-refractivity contribution < 1.29 is 27.9 Å². The first kappa shape index (κ1) is 22.0. The van der Waals surface area contributed by atoms with E-state index in [2.05, 4.69) is 29.2 Å². The molecule has 1 aromatic rings.